The van der Waals surface area contributed by atoms with E-state index in [9.17, 15) is 5.11 Å². The SMILES string of the molecule is CCCCC(CC)COC1N=C(C2=C(O)C=CCC2)NC(c2ccc3c(c2)C(C2=CCCC=C2)(C2C=CC=CC2)c2ccc4ccccc4c2-3)N1. The molecule has 262 valence electrons. The highest BCUT2D eigenvalue weighted by molar-refractivity contribution is 6.04. The van der Waals surface area contributed by atoms with Gasteiger partial charge in [0.1, 0.15) is 17.8 Å². The smallest absolute Gasteiger partial charge is 0.208 e. The molecule has 5 atom stereocenters. The number of fused-ring (bicyclic) bond motifs is 5. The maximum atomic E-state index is 11.0. The fourth-order valence-electron chi connectivity index (χ4n) is 9.01. The Labute approximate surface area is 303 Å². The molecule has 0 saturated heterocycles. The number of hydrogen-bond donors (Lipinski definition) is 3. The molecule has 3 aromatic carbocycles. The van der Waals surface area contributed by atoms with Gasteiger partial charge in [-0.2, -0.15) is 0 Å². The highest BCUT2D eigenvalue weighted by atomic mass is 16.5. The molecule has 0 spiro atoms. The van der Waals surface area contributed by atoms with Crippen LogP contribution in [0.25, 0.3) is 21.9 Å². The Kier molecular flexibility index (Phi) is 9.68. The molecule has 0 amide bonds. The summed E-state index contributed by atoms with van der Waals surface area (Å²) >= 11 is 0. The molecule has 8 rings (SSSR count). The zero-order chi connectivity index (χ0) is 34.8. The normalized spacial score (nSPS) is 25.7. The number of allylic oxidation sites excluding steroid dienone is 10. The molecule has 3 N–H and O–H groups in total. The molecular weight excluding hydrogens is 627 g/mol. The van der Waals surface area contributed by atoms with Gasteiger partial charge >= 0.3 is 0 Å². The maximum absolute atomic E-state index is 11.0. The van der Waals surface area contributed by atoms with Crippen molar-refractivity contribution in [1.82, 2.24) is 10.6 Å². The Hall–Kier alpha value is -4.45. The summed E-state index contributed by atoms with van der Waals surface area (Å²) in [6.45, 7) is 5.15. The van der Waals surface area contributed by atoms with E-state index in [0.29, 0.717) is 18.4 Å². The van der Waals surface area contributed by atoms with Crippen molar-refractivity contribution in [3.63, 3.8) is 0 Å². The lowest BCUT2D eigenvalue weighted by molar-refractivity contribution is -0.00159. The number of benzene rings is 3. The highest BCUT2D eigenvalue weighted by Gasteiger charge is 2.50. The average Bonchev–Trinajstić information content (AvgIpc) is 3.49. The Bertz CT molecular complexity index is 2010. The van der Waals surface area contributed by atoms with Gasteiger partial charge in [0.25, 0.3) is 0 Å². The van der Waals surface area contributed by atoms with Gasteiger partial charge in [-0.25, -0.2) is 10.3 Å². The Balaban J connectivity index is 1.25. The molecular formula is C46H51N3O2. The zero-order valence-corrected chi connectivity index (χ0v) is 30.1. The summed E-state index contributed by atoms with van der Waals surface area (Å²) < 4.78 is 6.57. The molecule has 5 heteroatoms. The summed E-state index contributed by atoms with van der Waals surface area (Å²) in [6, 6.07) is 20.7. The highest BCUT2D eigenvalue weighted by Crippen LogP contribution is 2.60. The molecule has 0 saturated carbocycles. The number of hydrogen-bond acceptors (Lipinski definition) is 5. The van der Waals surface area contributed by atoms with Crippen LogP contribution < -0.4 is 10.6 Å². The van der Waals surface area contributed by atoms with Crippen molar-refractivity contribution < 1.29 is 9.84 Å². The minimum Gasteiger partial charge on any atom is -0.508 e. The predicted octanol–water partition coefficient (Wildman–Crippen LogP) is 10.8. The fraction of sp³-hybridized carbons (Fsp3) is 0.370. The molecule has 5 aliphatic rings. The molecule has 0 bridgehead atoms. The molecule has 0 fully saturated rings. The number of aliphatic hydroxyl groups excluding tert-OH is 1. The van der Waals surface area contributed by atoms with E-state index in [1.54, 1.807) is 6.08 Å². The van der Waals surface area contributed by atoms with E-state index in [2.05, 4.69) is 122 Å². The summed E-state index contributed by atoms with van der Waals surface area (Å²) in [6.07, 6.45) is 28.8. The number of aliphatic imine (C=N–C) groups is 1. The van der Waals surface area contributed by atoms with Crippen LogP contribution in [0.2, 0.25) is 0 Å². The van der Waals surface area contributed by atoms with Crippen molar-refractivity contribution in [2.75, 3.05) is 6.61 Å². The van der Waals surface area contributed by atoms with Crippen molar-refractivity contribution in [2.45, 2.75) is 89.6 Å². The van der Waals surface area contributed by atoms with Crippen molar-refractivity contribution in [1.29, 1.82) is 0 Å². The van der Waals surface area contributed by atoms with Crippen LogP contribution in [0.15, 0.2) is 131 Å². The van der Waals surface area contributed by atoms with E-state index < -0.39 is 6.35 Å². The lowest BCUT2D eigenvalue weighted by atomic mass is 9.61. The summed E-state index contributed by atoms with van der Waals surface area (Å²) in [5.74, 6) is 1.75. The Morgan fingerprint density at radius 2 is 1.86 bits per heavy atom. The first kappa shape index (κ1) is 33.7. The van der Waals surface area contributed by atoms with Gasteiger partial charge in [0.05, 0.1) is 12.0 Å². The maximum Gasteiger partial charge on any atom is 0.208 e. The lowest BCUT2D eigenvalue weighted by Gasteiger charge is -2.41. The van der Waals surface area contributed by atoms with Gasteiger partial charge in [0, 0.05) is 5.57 Å². The van der Waals surface area contributed by atoms with E-state index in [-0.39, 0.29) is 23.3 Å². The van der Waals surface area contributed by atoms with Gasteiger partial charge in [0.15, 0.2) is 0 Å². The third-order valence-corrected chi connectivity index (χ3v) is 11.7. The Morgan fingerprint density at radius 1 is 0.961 bits per heavy atom. The second-order valence-corrected chi connectivity index (χ2v) is 14.7. The summed E-state index contributed by atoms with van der Waals surface area (Å²) in [4.78, 5) is 5.02. The topological polar surface area (TPSA) is 65.9 Å². The number of nitrogens with zero attached hydrogens (tertiary/aromatic N) is 1. The number of amidine groups is 1. The summed E-state index contributed by atoms with van der Waals surface area (Å²) in [7, 11) is 0. The first-order valence-corrected chi connectivity index (χ1v) is 19.3. The molecule has 0 radical (unpaired) electrons. The molecule has 3 aromatic rings. The predicted molar refractivity (Wildman–Crippen MR) is 211 cm³/mol. The van der Waals surface area contributed by atoms with E-state index in [1.807, 2.05) is 6.08 Å². The van der Waals surface area contributed by atoms with Gasteiger partial charge in [0.2, 0.25) is 6.35 Å². The molecule has 1 aliphatic heterocycles. The molecule has 1 heterocycles. The number of aliphatic hydroxyl groups is 1. The van der Waals surface area contributed by atoms with E-state index in [4.69, 9.17) is 9.73 Å². The quantitative estimate of drug-likeness (QED) is 0.189. The number of rotatable bonds is 11. The summed E-state index contributed by atoms with van der Waals surface area (Å²) in [5, 5.41) is 21.0. The second-order valence-electron chi connectivity index (χ2n) is 14.7. The van der Waals surface area contributed by atoms with Gasteiger partial charge < -0.3 is 15.2 Å². The third-order valence-electron chi connectivity index (χ3n) is 11.7. The van der Waals surface area contributed by atoms with Crippen LogP contribution >= 0.6 is 0 Å². The van der Waals surface area contributed by atoms with E-state index >= 15 is 0 Å². The van der Waals surface area contributed by atoms with Crippen LogP contribution in [-0.2, 0) is 10.2 Å². The van der Waals surface area contributed by atoms with Crippen LogP contribution in [0.4, 0.5) is 0 Å². The number of unbranched alkanes of at least 4 members (excludes halogenated alkanes) is 1. The number of nitrogens with one attached hydrogen (secondary N) is 2. The van der Waals surface area contributed by atoms with Gasteiger partial charge in [-0.05, 0) is 101 Å². The Morgan fingerprint density at radius 3 is 2.67 bits per heavy atom. The molecule has 5 nitrogen and oxygen atoms in total. The van der Waals surface area contributed by atoms with Crippen LogP contribution in [0.3, 0.4) is 0 Å². The van der Waals surface area contributed by atoms with Crippen LogP contribution in [0.1, 0.15) is 94.5 Å². The van der Waals surface area contributed by atoms with E-state index in [1.165, 1.54) is 51.4 Å². The van der Waals surface area contributed by atoms with Crippen molar-refractivity contribution in [2.24, 2.45) is 16.8 Å². The second kappa shape index (κ2) is 14.7. The average molecular weight is 678 g/mol. The molecule has 5 unspecified atom stereocenters. The van der Waals surface area contributed by atoms with Crippen molar-refractivity contribution >= 4 is 16.6 Å². The van der Waals surface area contributed by atoms with Crippen LogP contribution in [0.5, 0.6) is 0 Å². The summed E-state index contributed by atoms with van der Waals surface area (Å²) in [5.41, 5.74) is 8.45. The van der Waals surface area contributed by atoms with Crippen LogP contribution in [0, 0.1) is 11.8 Å². The van der Waals surface area contributed by atoms with Crippen molar-refractivity contribution in [3.05, 3.63) is 143 Å². The first-order chi connectivity index (χ1) is 25.1. The van der Waals surface area contributed by atoms with E-state index in [0.717, 1.165) is 56.1 Å². The zero-order valence-electron chi connectivity index (χ0n) is 30.1. The minimum atomic E-state index is -0.525. The standard InChI is InChI=1S/C46H51N3O2/c1-3-5-16-31(4-2)30-51-45-48-43(47-44(49-45)38-23-14-15-24-41(38)50)33-25-27-37-40(29-33)46(34-18-8-6-9-19-34,35-20-10-7-11-21-35)39-28-26-32-17-12-13-22-36(32)42(37)39/h6,8-10,12-13,15,17-18,20-22,24-29,31,34,43,45,48,50H,3-5,7,11,14,16,19,23,30H2,1-2H3,(H,47,49). The van der Waals surface area contributed by atoms with Crippen LogP contribution in [-0.4, -0.2) is 23.9 Å². The molecule has 51 heavy (non-hydrogen) atoms. The largest absolute Gasteiger partial charge is 0.508 e. The minimum absolute atomic E-state index is 0.259. The van der Waals surface area contributed by atoms with Gasteiger partial charge in [-0.3, -0.25) is 0 Å². The molecule has 4 aliphatic carbocycles. The monoisotopic (exact) mass is 677 g/mol. The number of ether oxygens (including phenoxy) is 1. The third kappa shape index (κ3) is 6.15. The lowest BCUT2D eigenvalue weighted by Crippen LogP contribution is -2.50. The van der Waals surface area contributed by atoms with Gasteiger partial charge in [-0.15, -0.1) is 0 Å². The van der Waals surface area contributed by atoms with Gasteiger partial charge in [-0.1, -0.05) is 136 Å². The fourth-order valence-corrected chi connectivity index (χ4v) is 9.01. The molecule has 0 aromatic heterocycles. The van der Waals surface area contributed by atoms with Crippen molar-refractivity contribution in [3.8, 4) is 11.1 Å². The first-order valence-electron chi connectivity index (χ1n) is 19.3.